The molecule has 3 aliphatic heterocycles. The molecule has 0 spiro atoms. The van der Waals surface area contributed by atoms with Crippen molar-refractivity contribution in [3.05, 3.63) is 36.0 Å². The lowest BCUT2D eigenvalue weighted by molar-refractivity contribution is 0.0376. The Balaban J connectivity index is 1.22. The van der Waals surface area contributed by atoms with Crippen LogP contribution in [0.1, 0.15) is 12.0 Å². The van der Waals surface area contributed by atoms with Crippen LogP contribution in [-0.2, 0) is 11.2 Å². The van der Waals surface area contributed by atoms with E-state index in [0.29, 0.717) is 0 Å². The highest BCUT2D eigenvalue weighted by molar-refractivity contribution is 5.63. The van der Waals surface area contributed by atoms with Gasteiger partial charge < -0.3 is 19.4 Å². The predicted molar refractivity (Wildman–Crippen MR) is 125 cm³/mol. The maximum Gasteiger partial charge on any atom is 0.161 e. The van der Waals surface area contributed by atoms with E-state index in [9.17, 15) is 0 Å². The van der Waals surface area contributed by atoms with E-state index in [0.717, 1.165) is 95.7 Å². The summed E-state index contributed by atoms with van der Waals surface area (Å²) in [7, 11) is 2.19. The number of nitrogens with zero attached hydrogens (tertiary/aromatic N) is 6. The van der Waals surface area contributed by atoms with E-state index in [1.165, 1.54) is 17.7 Å². The van der Waals surface area contributed by atoms with Crippen molar-refractivity contribution in [2.45, 2.75) is 12.8 Å². The minimum absolute atomic E-state index is 0.837. The largest absolute Gasteiger partial charge is 0.379 e. The molecular weight excluding hydrogens is 388 g/mol. The van der Waals surface area contributed by atoms with Crippen molar-refractivity contribution in [2.75, 3.05) is 89.0 Å². The first-order valence-corrected chi connectivity index (χ1v) is 11.7. The van der Waals surface area contributed by atoms with E-state index >= 15 is 0 Å². The maximum atomic E-state index is 5.45. The quantitative estimate of drug-likeness (QED) is 0.705. The fourth-order valence-corrected chi connectivity index (χ4v) is 4.76. The lowest BCUT2D eigenvalue weighted by Gasteiger charge is -2.34. The second-order valence-corrected chi connectivity index (χ2v) is 8.92. The van der Waals surface area contributed by atoms with Crippen LogP contribution in [0.15, 0.2) is 30.5 Å². The Morgan fingerprint density at radius 2 is 1.68 bits per heavy atom. The summed E-state index contributed by atoms with van der Waals surface area (Å²) in [6.45, 7) is 11.5. The number of aromatic nitrogens is 2. The molecule has 0 saturated carbocycles. The van der Waals surface area contributed by atoms with Gasteiger partial charge in [-0.15, -0.1) is 0 Å². The van der Waals surface area contributed by atoms with E-state index in [2.05, 4.69) is 55.9 Å². The van der Waals surface area contributed by atoms with Crippen LogP contribution in [-0.4, -0.2) is 98.9 Å². The van der Waals surface area contributed by atoms with Gasteiger partial charge in [-0.05, 0) is 44.2 Å². The van der Waals surface area contributed by atoms with Crippen LogP contribution in [0.2, 0.25) is 0 Å². The van der Waals surface area contributed by atoms with Crippen LogP contribution in [0.3, 0.4) is 0 Å². The monoisotopic (exact) mass is 422 g/mol. The lowest BCUT2D eigenvalue weighted by Crippen LogP contribution is -2.44. The zero-order chi connectivity index (χ0) is 21.0. The molecule has 166 valence electrons. The molecule has 0 aliphatic carbocycles. The molecule has 0 radical (unpaired) electrons. The summed E-state index contributed by atoms with van der Waals surface area (Å²) < 4.78 is 5.45. The number of likely N-dealkylation sites (N-methyl/N-ethyl adjacent to an activating group) is 1. The van der Waals surface area contributed by atoms with Gasteiger partial charge in [-0.1, -0.05) is 0 Å². The van der Waals surface area contributed by atoms with E-state index in [4.69, 9.17) is 9.72 Å². The Hall–Kier alpha value is -2.22. The number of piperazine rings is 1. The van der Waals surface area contributed by atoms with Crippen LogP contribution < -0.4 is 9.80 Å². The third kappa shape index (κ3) is 4.84. The Labute approximate surface area is 185 Å². The number of morpholine rings is 1. The molecule has 31 heavy (non-hydrogen) atoms. The summed E-state index contributed by atoms with van der Waals surface area (Å²) in [4.78, 5) is 19.5. The predicted octanol–water partition coefficient (Wildman–Crippen LogP) is 1.98. The van der Waals surface area contributed by atoms with E-state index in [-0.39, 0.29) is 0 Å². The minimum Gasteiger partial charge on any atom is -0.379 e. The van der Waals surface area contributed by atoms with Gasteiger partial charge in [0, 0.05) is 81.9 Å². The molecule has 0 N–H and O–H groups in total. The molecule has 5 rings (SSSR count). The Morgan fingerprint density at radius 1 is 0.903 bits per heavy atom. The highest BCUT2D eigenvalue weighted by atomic mass is 16.5. The average Bonchev–Trinajstić information content (AvgIpc) is 3.23. The van der Waals surface area contributed by atoms with Crippen molar-refractivity contribution in [3.8, 4) is 11.4 Å². The average molecular weight is 423 g/mol. The second-order valence-electron chi connectivity index (χ2n) is 8.92. The molecule has 1 aromatic heterocycles. The second kappa shape index (κ2) is 9.51. The van der Waals surface area contributed by atoms with Crippen molar-refractivity contribution >= 4 is 11.5 Å². The fourth-order valence-electron chi connectivity index (χ4n) is 4.76. The summed E-state index contributed by atoms with van der Waals surface area (Å²) in [5.74, 6) is 1.97. The van der Waals surface area contributed by atoms with Crippen molar-refractivity contribution in [2.24, 2.45) is 0 Å². The number of fused-ring (bicyclic) bond motifs is 1. The fraction of sp³-hybridized carbons (Fsp3) is 0.583. The molecule has 2 fully saturated rings. The molecule has 2 saturated heterocycles. The van der Waals surface area contributed by atoms with Gasteiger partial charge in [-0.25, -0.2) is 9.97 Å². The molecule has 3 aliphatic rings. The lowest BCUT2D eigenvalue weighted by atomic mass is 10.1. The molecule has 1 aromatic carbocycles. The summed E-state index contributed by atoms with van der Waals surface area (Å²) in [6.07, 6.45) is 4.25. The zero-order valence-electron chi connectivity index (χ0n) is 18.7. The van der Waals surface area contributed by atoms with Crippen LogP contribution in [0.4, 0.5) is 11.5 Å². The van der Waals surface area contributed by atoms with Crippen molar-refractivity contribution in [1.29, 1.82) is 0 Å². The minimum atomic E-state index is 0.837. The Morgan fingerprint density at radius 3 is 2.45 bits per heavy atom. The van der Waals surface area contributed by atoms with Crippen LogP contribution in [0.25, 0.3) is 11.4 Å². The maximum absolute atomic E-state index is 5.45. The van der Waals surface area contributed by atoms with Gasteiger partial charge >= 0.3 is 0 Å². The summed E-state index contributed by atoms with van der Waals surface area (Å²) >= 11 is 0. The Bertz CT molecular complexity index is 859. The van der Waals surface area contributed by atoms with Crippen LogP contribution in [0, 0.1) is 0 Å². The number of hydrogen-bond donors (Lipinski definition) is 0. The molecular formula is C24H34N6O. The van der Waals surface area contributed by atoms with Gasteiger partial charge in [-0.2, -0.15) is 0 Å². The first-order chi connectivity index (χ1) is 15.3. The summed E-state index contributed by atoms with van der Waals surface area (Å²) in [5, 5.41) is 0. The van der Waals surface area contributed by atoms with Gasteiger partial charge in [0.15, 0.2) is 5.82 Å². The molecule has 7 heteroatoms. The van der Waals surface area contributed by atoms with Crippen molar-refractivity contribution in [3.63, 3.8) is 0 Å². The van der Waals surface area contributed by atoms with Gasteiger partial charge in [0.25, 0.3) is 0 Å². The van der Waals surface area contributed by atoms with E-state index < -0.39 is 0 Å². The standard InChI is InChI=1S/C24H34N6O/c1-27-11-13-29(14-12-27)22-5-3-20(4-6-22)23-25-19-21-7-10-30(24(21)26-23)9-2-8-28-15-17-31-18-16-28/h3-6,19H,2,7-18H2,1H3. The first kappa shape index (κ1) is 20.7. The van der Waals surface area contributed by atoms with Gasteiger partial charge in [-0.3, -0.25) is 4.90 Å². The molecule has 0 atom stereocenters. The molecule has 0 unspecified atom stereocenters. The van der Waals surface area contributed by atoms with E-state index in [1.54, 1.807) is 0 Å². The summed E-state index contributed by atoms with van der Waals surface area (Å²) in [5.41, 5.74) is 3.67. The number of benzene rings is 1. The number of anilines is 2. The third-order valence-corrected chi connectivity index (χ3v) is 6.79. The summed E-state index contributed by atoms with van der Waals surface area (Å²) in [6, 6.07) is 8.79. The molecule has 0 bridgehead atoms. The Kier molecular flexibility index (Phi) is 6.34. The van der Waals surface area contributed by atoms with Crippen molar-refractivity contribution in [1.82, 2.24) is 19.8 Å². The molecule has 2 aromatic rings. The normalized spacial score (nSPS) is 20.3. The van der Waals surface area contributed by atoms with E-state index in [1.807, 2.05) is 6.20 Å². The smallest absolute Gasteiger partial charge is 0.161 e. The molecule has 4 heterocycles. The first-order valence-electron chi connectivity index (χ1n) is 11.7. The highest BCUT2D eigenvalue weighted by Crippen LogP contribution is 2.29. The van der Waals surface area contributed by atoms with Gasteiger partial charge in [0.2, 0.25) is 0 Å². The zero-order valence-corrected chi connectivity index (χ0v) is 18.7. The van der Waals surface area contributed by atoms with Gasteiger partial charge in [0.1, 0.15) is 5.82 Å². The molecule has 7 nitrogen and oxygen atoms in total. The van der Waals surface area contributed by atoms with Crippen LogP contribution in [0.5, 0.6) is 0 Å². The van der Waals surface area contributed by atoms with Gasteiger partial charge in [0.05, 0.1) is 13.2 Å². The number of hydrogen-bond acceptors (Lipinski definition) is 7. The highest BCUT2D eigenvalue weighted by Gasteiger charge is 2.22. The number of rotatable bonds is 6. The number of ether oxygens (including phenoxy) is 1. The molecule has 0 amide bonds. The van der Waals surface area contributed by atoms with Crippen molar-refractivity contribution < 1.29 is 4.74 Å². The topological polar surface area (TPSA) is 48.0 Å². The third-order valence-electron chi connectivity index (χ3n) is 6.79. The van der Waals surface area contributed by atoms with Crippen LogP contribution >= 0.6 is 0 Å². The SMILES string of the molecule is CN1CCN(c2ccc(-c3ncc4c(n3)N(CCCN3CCOCC3)CC4)cc2)CC1.